The van der Waals surface area contributed by atoms with Crippen molar-refractivity contribution in [3.8, 4) is 0 Å². The minimum Gasteiger partial charge on any atom is -0.329 e. The molecule has 1 saturated carbocycles. The van der Waals surface area contributed by atoms with Gasteiger partial charge in [0.1, 0.15) is 4.90 Å². The third-order valence-electron chi connectivity index (χ3n) is 4.03. The summed E-state index contributed by atoms with van der Waals surface area (Å²) in [6, 6.07) is 0. The van der Waals surface area contributed by atoms with E-state index in [2.05, 4.69) is 16.7 Å². The van der Waals surface area contributed by atoms with Gasteiger partial charge in [-0.1, -0.05) is 26.2 Å². The van der Waals surface area contributed by atoms with Crippen molar-refractivity contribution in [2.45, 2.75) is 50.5 Å². The zero-order valence-corrected chi connectivity index (χ0v) is 12.8. The van der Waals surface area contributed by atoms with Gasteiger partial charge in [-0.3, -0.25) is 4.68 Å². The largest absolute Gasteiger partial charge is 0.329 e. The summed E-state index contributed by atoms with van der Waals surface area (Å²) in [5.74, 6) is 0. The van der Waals surface area contributed by atoms with Crippen LogP contribution in [0, 0.1) is 5.41 Å². The van der Waals surface area contributed by atoms with Crippen LogP contribution < -0.4 is 10.5 Å². The standard InChI is InChI=1S/C13H24N4O2S/c1-13(5-3-2-4-6-13)11-16-20(18,19)12-9-15-17(10-12)8-7-14/h9-10,16H,2-8,11,14H2,1H3. The molecule has 1 aromatic rings. The average Bonchev–Trinajstić information content (AvgIpc) is 2.88. The van der Waals surface area contributed by atoms with Gasteiger partial charge < -0.3 is 5.73 Å². The highest BCUT2D eigenvalue weighted by molar-refractivity contribution is 7.89. The Morgan fingerprint density at radius 3 is 2.75 bits per heavy atom. The number of nitrogens with zero attached hydrogens (tertiary/aromatic N) is 2. The Hall–Kier alpha value is -0.920. The first-order valence-corrected chi connectivity index (χ1v) is 8.66. The van der Waals surface area contributed by atoms with Crippen molar-refractivity contribution in [1.82, 2.24) is 14.5 Å². The highest BCUT2D eigenvalue weighted by Crippen LogP contribution is 2.35. The molecule has 0 saturated heterocycles. The van der Waals surface area contributed by atoms with Gasteiger partial charge in [-0.2, -0.15) is 5.10 Å². The van der Waals surface area contributed by atoms with Crippen LogP contribution in [0.2, 0.25) is 0 Å². The summed E-state index contributed by atoms with van der Waals surface area (Å²) in [5.41, 5.74) is 5.51. The van der Waals surface area contributed by atoms with Gasteiger partial charge in [-0.25, -0.2) is 13.1 Å². The van der Waals surface area contributed by atoms with E-state index in [1.807, 2.05) is 0 Å². The van der Waals surface area contributed by atoms with Crippen molar-refractivity contribution in [1.29, 1.82) is 0 Å². The molecule has 6 nitrogen and oxygen atoms in total. The first kappa shape index (κ1) is 15.5. The number of nitrogens with one attached hydrogen (secondary N) is 1. The van der Waals surface area contributed by atoms with Crippen LogP contribution in [0.5, 0.6) is 0 Å². The lowest BCUT2D eigenvalue weighted by Crippen LogP contribution is -2.36. The molecule has 1 aliphatic rings. The van der Waals surface area contributed by atoms with E-state index in [0.29, 0.717) is 19.6 Å². The number of rotatable bonds is 6. The fourth-order valence-corrected chi connectivity index (χ4v) is 3.82. The van der Waals surface area contributed by atoms with Crippen molar-refractivity contribution < 1.29 is 8.42 Å². The molecule has 1 heterocycles. The normalized spacial score (nSPS) is 19.1. The lowest BCUT2D eigenvalue weighted by molar-refractivity contribution is 0.219. The van der Waals surface area contributed by atoms with Gasteiger partial charge >= 0.3 is 0 Å². The minimum atomic E-state index is -3.47. The minimum absolute atomic E-state index is 0.0819. The Bertz CT molecular complexity index is 532. The van der Waals surface area contributed by atoms with Crippen LogP contribution in [0.4, 0.5) is 0 Å². The Morgan fingerprint density at radius 2 is 2.10 bits per heavy atom. The summed E-state index contributed by atoms with van der Waals surface area (Å²) in [6.07, 6.45) is 8.71. The van der Waals surface area contributed by atoms with Crippen LogP contribution in [-0.4, -0.2) is 31.3 Å². The first-order chi connectivity index (χ1) is 9.45. The second kappa shape index (κ2) is 6.24. The molecular weight excluding hydrogens is 276 g/mol. The molecule has 0 radical (unpaired) electrons. The van der Waals surface area contributed by atoms with Crippen LogP contribution in [0.15, 0.2) is 17.3 Å². The van der Waals surface area contributed by atoms with E-state index in [1.165, 1.54) is 31.7 Å². The van der Waals surface area contributed by atoms with Crippen molar-refractivity contribution in [2.24, 2.45) is 11.1 Å². The van der Waals surface area contributed by atoms with Crippen LogP contribution >= 0.6 is 0 Å². The van der Waals surface area contributed by atoms with E-state index >= 15 is 0 Å². The van der Waals surface area contributed by atoms with Gasteiger partial charge in [0.05, 0.1) is 12.7 Å². The molecule has 3 N–H and O–H groups in total. The fraction of sp³-hybridized carbons (Fsp3) is 0.769. The van der Waals surface area contributed by atoms with Crippen molar-refractivity contribution >= 4 is 10.0 Å². The Labute approximate surface area is 120 Å². The number of aromatic nitrogens is 2. The topological polar surface area (TPSA) is 90.0 Å². The lowest BCUT2D eigenvalue weighted by atomic mass is 9.76. The number of sulfonamides is 1. The third kappa shape index (κ3) is 3.80. The zero-order valence-electron chi connectivity index (χ0n) is 12.0. The van der Waals surface area contributed by atoms with E-state index in [-0.39, 0.29) is 10.3 Å². The van der Waals surface area contributed by atoms with E-state index in [0.717, 1.165) is 12.8 Å². The van der Waals surface area contributed by atoms with E-state index in [9.17, 15) is 8.42 Å². The molecule has 7 heteroatoms. The maximum atomic E-state index is 12.2. The molecular formula is C13H24N4O2S. The van der Waals surface area contributed by atoms with Crippen molar-refractivity contribution in [3.63, 3.8) is 0 Å². The van der Waals surface area contributed by atoms with Gasteiger partial charge in [-0.15, -0.1) is 0 Å². The van der Waals surface area contributed by atoms with E-state index in [1.54, 1.807) is 4.68 Å². The summed E-state index contributed by atoms with van der Waals surface area (Å²) < 4.78 is 28.8. The molecule has 0 amide bonds. The Balaban J connectivity index is 1.99. The molecule has 0 aliphatic heterocycles. The maximum Gasteiger partial charge on any atom is 0.243 e. The van der Waals surface area contributed by atoms with Gasteiger partial charge in [-0.05, 0) is 18.3 Å². The first-order valence-electron chi connectivity index (χ1n) is 7.17. The summed E-state index contributed by atoms with van der Waals surface area (Å²) in [6.45, 7) is 3.61. The summed E-state index contributed by atoms with van der Waals surface area (Å²) in [4.78, 5) is 0.213. The zero-order chi connectivity index (χ0) is 14.6. The maximum absolute atomic E-state index is 12.2. The predicted molar refractivity (Wildman–Crippen MR) is 77.7 cm³/mol. The van der Waals surface area contributed by atoms with Gasteiger partial charge in [0.2, 0.25) is 10.0 Å². The fourth-order valence-electron chi connectivity index (χ4n) is 2.67. The molecule has 1 aromatic heterocycles. The third-order valence-corrected chi connectivity index (χ3v) is 5.38. The predicted octanol–water partition coefficient (Wildman–Crippen LogP) is 1.09. The van der Waals surface area contributed by atoms with Gasteiger partial charge in [0, 0.05) is 19.3 Å². The Kier molecular flexibility index (Phi) is 4.82. The Morgan fingerprint density at radius 1 is 1.40 bits per heavy atom. The molecule has 114 valence electrons. The second-order valence-corrected chi connectivity index (χ2v) is 7.69. The van der Waals surface area contributed by atoms with Crippen molar-refractivity contribution in [2.75, 3.05) is 13.1 Å². The van der Waals surface area contributed by atoms with Gasteiger partial charge in [0.25, 0.3) is 0 Å². The highest BCUT2D eigenvalue weighted by atomic mass is 32.2. The van der Waals surface area contributed by atoms with Crippen LogP contribution in [0.3, 0.4) is 0 Å². The number of hydrogen-bond donors (Lipinski definition) is 2. The molecule has 0 spiro atoms. The molecule has 0 atom stereocenters. The van der Waals surface area contributed by atoms with Crippen molar-refractivity contribution in [3.05, 3.63) is 12.4 Å². The molecule has 0 unspecified atom stereocenters. The van der Waals surface area contributed by atoms with E-state index < -0.39 is 10.0 Å². The number of hydrogen-bond acceptors (Lipinski definition) is 4. The molecule has 1 aliphatic carbocycles. The van der Waals surface area contributed by atoms with E-state index in [4.69, 9.17) is 5.73 Å². The molecule has 2 rings (SSSR count). The monoisotopic (exact) mass is 300 g/mol. The lowest BCUT2D eigenvalue weighted by Gasteiger charge is -2.33. The summed E-state index contributed by atoms with van der Waals surface area (Å²) >= 11 is 0. The molecule has 0 bridgehead atoms. The highest BCUT2D eigenvalue weighted by Gasteiger charge is 2.29. The molecule has 0 aromatic carbocycles. The smallest absolute Gasteiger partial charge is 0.243 e. The SMILES string of the molecule is CC1(CNS(=O)(=O)c2cnn(CCN)c2)CCCCC1. The average molecular weight is 300 g/mol. The number of nitrogens with two attached hydrogens (primary N) is 1. The quantitative estimate of drug-likeness (QED) is 0.823. The van der Waals surface area contributed by atoms with Crippen LogP contribution in [0.1, 0.15) is 39.0 Å². The molecule has 20 heavy (non-hydrogen) atoms. The second-order valence-electron chi connectivity index (χ2n) is 5.92. The molecule has 1 fully saturated rings. The summed E-state index contributed by atoms with van der Waals surface area (Å²) in [5, 5.41) is 4.00. The summed E-state index contributed by atoms with van der Waals surface area (Å²) in [7, 11) is -3.47. The van der Waals surface area contributed by atoms with Crippen LogP contribution in [0.25, 0.3) is 0 Å². The van der Waals surface area contributed by atoms with Gasteiger partial charge in [0.15, 0.2) is 0 Å². The van der Waals surface area contributed by atoms with Crippen LogP contribution in [-0.2, 0) is 16.6 Å².